The highest BCUT2D eigenvalue weighted by Crippen LogP contribution is 2.22. The first-order valence-electron chi connectivity index (χ1n) is 7.92. The number of carbonyl (C=O) groups is 1. The van der Waals surface area contributed by atoms with E-state index in [4.69, 9.17) is 14.3 Å². The van der Waals surface area contributed by atoms with E-state index in [2.05, 4.69) is 17.4 Å². The Morgan fingerprint density at radius 3 is 2.52 bits per heavy atom. The summed E-state index contributed by atoms with van der Waals surface area (Å²) in [6, 6.07) is 13.0. The van der Waals surface area contributed by atoms with Crippen molar-refractivity contribution in [3.63, 3.8) is 0 Å². The van der Waals surface area contributed by atoms with E-state index in [0.717, 1.165) is 12.1 Å². The largest absolute Gasteiger partial charge is 0.497 e. The second-order valence-corrected chi connectivity index (χ2v) is 5.21. The molecular formula is C19H22N2O4. The molecule has 0 saturated heterocycles. The van der Waals surface area contributed by atoms with E-state index in [1.54, 1.807) is 32.4 Å². The summed E-state index contributed by atoms with van der Waals surface area (Å²) in [5.41, 5.74) is 2.63. The number of anilines is 1. The van der Waals surface area contributed by atoms with Gasteiger partial charge in [0.1, 0.15) is 11.5 Å². The second kappa shape index (κ2) is 9.32. The highest BCUT2D eigenvalue weighted by Gasteiger charge is 2.04. The van der Waals surface area contributed by atoms with Gasteiger partial charge in [-0.25, -0.2) is 0 Å². The molecule has 2 aromatic carbocycles. The summed E-state index contributed by atoms with van der Waals surface area (Å²) >= 11 is 0. The van der Waals surface area contributed by atoms with Crippen molar-refractivity contribution < 1.29 is 19.1 Å². The molecule has 0 unspecified atom stereocenters. The Kier molecular flexibility index (Phi) is 6.83. The Hall–Kier alpha value is -3.02. The van der Waals surface area contributed by atoms with Crippen molar-refractivity contribution in [3.8, 4) is 11.5 Å². The third-order valence-electron chi connectivity index (χ3n) is 3.54. The fourth-order valence-corrected chi connectivity index (χ4v) is 2.15. The van der Waals surface area contributed by atoms with Gasteiger partial charge in [0.2, 0.25) is 0 Å². The van der Waals surface area contributed by atoms with Gasteiger partial charge in [0.05, 0.1) is 20.4 Å². The Balaban J connectivity index is 1.86. The number of hydrogen-bond acceptors (Lipinski definition) is 5. The monoisotopic (exact) mass is 342 g/mol. The van der Waals surface area contributed by atoms with Crippen molar-refractivity contribution in [3.05, 3.63) is 53.6 Å². The highest BCUT2D eigenvalue weighted by molar-refractivity contribution is 5.91. The van der Waals surface area contributed by atoms with Crippen LogP contribution in [0.1, 0.15) is 18.1 Å². The molecule has 0 aliphatic carbocycles. The number of methoxy groups -OCH3 is 2. The summed E-state index contributed by atoms with van der Waals surface area (Å²) in [6.07, 6.45) is 2.43. The number of hydrogen-bond donors (Lipinski definition) is 1. The first kappa shape index (κ1) is 18.3. The molecule has 1 N–H and O–H groups in total. The van der Waals surface area contributed by atoms with E-state index in [1.807, 2.05) is 24.3 Å². The number of amides is 1. The molecule has 0 aliphatic rings. The third-order valence-corrected chi connectivity index (χ3v) is 3.54. The van der Waals surface area contributed by atoms with Crippen molar-refractivity contribution in [1.82, 2.24) is 0 Å². The van der Waals surface area contributed by atoms with Crippen LogP contribution in [0.3, 0.4) is 0 Å². The van der Waals surface area contributed by atoms with Gasteiger partial charge in [-0.05, 0) is 42.3 Å². The molecule has 0 saturated carbocycles. The van der Waals surface area contributed by atoms with Gasteiger partial charge in [0.25, 0.3) is 5.91 Å². The molecule has 0 heterocycles. The lowest BCUT2D eigenvalue weighted by atomic mass is 10.1. The van der Waals surface area contributed by atoms with E-state index >= 15 is 0 Å². The number of aryl methyl sites for hydroxylation is 1. The summed E-state index contributed by atoms with van der Waals surface area (Å²) in [7, 11) is 3.15. The molecule has 0 aliphatic heterocycles. The maximum absolute atomic E-state index is 11.8. The molecule has 0 spiro atoms. The van der Waals surface area contributed by atoms with Crippen molar-refractivity contribution in [1.29, 1.82) is 0 Å². The first-order chi connectivity index (χ1) is 12.2. The minimum Gasteiger partial charge on any atom is -0.497 e. The molecule has 0 aromatic heterocycles. The summed E-state index contributed by atoms with van der Waals surface area (Å²) in [5.74, 6) is 1.03. The van der Waals surface area contributed by atoms with Crippen molar-refractivity contribution in [2.45, 2.75) is 13.3 Å². The van der Waals surface area contributed by atoms with Crippen LogP contribution in [0.2, 0.25) is 0 Å². The second-order valence-electron chi connectivity index (χ2n) is 5.21. The number of carbonyl (C=O) groups excluding carboxylic acids is 1. The Labute approximate surface area is 147 Å². The average molecular weight is 342 g/mol. The van der Waals surface area contributed by atoms with Gasteiger partial charge >= 0.3 is 0 Å². The maximum atomic E-state index is 11.8. The zero-order valence-electron chi connectivity index (χ0n) is 14.6. The summed E-state index contributed by atoms with van der Waals surface area (Å²) in [5, 5.41) is 6.56. The van der Waals surface area contributed by atoms with Crippen molar-refractivity contribution >= 4 is 17.8 Å². The van der Waals surface area contributed by atoms with E-state index < -0.39 is 0 Å². The van der Waals surface area contributed by atoms with Gasteiger partial charge < -0.3 is 19.6 Å². The van der Waals surface area contributed by atoms with E-state index in [0.29, 0.717) is 17.1 Å². The zero-order valence-corrected chi connectivity index (χ0v) is 14.6. The number of ether oxygens (including phenoxy) is 2. The lowest BCUT2D eigenvalue weighted by Gasteiger charge is -2.07. The minimum absolute atomic E-state index is 0.182. The molecule has 2 aromatic rings. The molecule has 0 atom stereocenters. The van der Waals surface area contributed by atoms with Crippen LogP contribution in [0.5, 0.6) is 11.5 Å². The predicted molar refractivity (Wildman–Crippen MR) is 97.5 cm³/mol. The van der Waals surface area contributed by atoms with Gasteiger partial charge in [0.15, 0.2) is 6.61 Å². The van der Waals surface area contributed by atoms with Gasteiger partial charge in [-0.15, -0.1) is 0 Å². The van der Waals surface area contributed by atoms with Crippen LogP contribution < -0.4 is 14.8 Å². The van der Waals surface area contributed by atoms with Crippen LogP contribution in [-0.4, -0.2) is 32.9 Å². The number of nitrogens with one attached hydrogen (secondary N) is 1. The normalized spacial score (nSPS) is 10.5. The van der Waals surface area contributed by atoms with Crippen molar-refractivity contribution in [2.24, 2.45) is 5.16 Å². The van der Waals surface area contributed by atoms with Crippen molar-refractivity contribution in [2.75, 3.05) is 26.1 Å². The Bertz CT molecular complexity index is 727. The summed E-state index contributed by atoms with van der Waals surface area (Å²) < 4.78 is 10.4. The summed E-state index contributed by atoms with van der Waals surface area (Å²) in [4.78, 5) is 16.9. The fraction of sp³-hybridized carbons (Fsp3) is 0.263. The van der Waals surface area contributed by atoms with Crippen LogP contribution in [0.4, 0.5) is 5.69 Å². The molecule has 0 fully saturated rings. The number of rotatable bonds is 8. The standard InChI is InChI=1S/C19H22N2O4/c1-4-14-5-7-16(8-6-14)21-19(22)13-25-20-12-15-11-17(23-2)9-10-18(15)24-3/h5-12H,4,13H2,1-3H3,(H,21,22)/b20-12+. The molecule has 1 amide bonds. The van der Waals surface area contributed by atoms with Gasteiger partial charge in [-0.3, -0.25) is 4.79 Å². The molecule has 0 radical (unpaired) electrons. The topological polar surface area (TPSA) is 69.2 Å². The maximum Gasteiger partial charge on any atom is 0.265 e. The smallest absolute Gasteiger partial charge is 0.265 e. The molecule has 25 heavy (non-hydrogen) atoms. The van der Waals surface area contributed by atoms with Gasteiger partial charge in [0, 0.05) is 11.3 Å². The lowest BCUT2D eigenvalue weighted by Crippen LogP contribution is -2.16. The van der Waals surface area contributed by atoms with Crippen LogP contribution in [-0.2, 0) is 16.1 Å². The summed E-state index contributed by atoms with van der Waals surface area (Å²) in [6.45, 7) is 1.90. The molecule has 2 rings (SSSR count). The van der Waals surface area contributed by atoms with E-state index in [9.17, 15) is 4.79 Å². The van der Waals surface area contributed by atoms with E-state index in [-0.39, 0.29) is 12.5 Å². The number of benzene rings is 2. The Morgan fingerprint density at radius 2 is 1.88 bits per heavy atom. The molecule has 6 heteroatoms. The van der Waals surface area contributed by atoms with Crippen LogP contribution in [0.15, 0.2) is 47.6 Å². The average Bonchev–Trinajstić information content (AvgIpc) is 2.65. The fourth-order valence-electron chi connectivity index (χ4n) is 2.15. The third kappa shape index (κ3) is 5.53. The van der Waals surface area contributed by atoms with Gasteiger partial charge in [-0.2, -0.15) is 0 Å². The molecule has 6 nitrogen and oxygen atoms in total. The molecule has 0 bridgehead atoms. The number of oxime groups is 1. The number of nitrogens with zero attached hydrogens (tertiary/aromatic N) is 1. The zero-order chi connectivity index (χ0) is 18.1. The minimum atomic E-state index is -0.279. The molecule has 132 valence electrons. The SMILES string of the molecule is CCc1ccc(NC(=O)CO/N=C/c2cc(OC)ccc2OC)cc1. The van der Waals surface area contributed by atoms with Crippen LogP contribution in [0.25, 0.3) is 0 Å². The molecular weight excluding hydrogens is 320 g/mol. The van der Waals surface area contributed by atoms with Crippen LogP contribution in [0, 0.1) is 0 Å². The van der Waals surface area contributed by atoms with Crippen LogP contribution >= 0.6 is 0 Å². The highest BCUT2D eigenvalue weighted by atomic mass is 16.6. The first-order valence-corrected chi connectivity index (χ1v) is 7.92. The quantitative estimate of drug-likeness (QED) is 0.590. The predicted octanol–water partition coefficient (Wildman–Crippen LogP) is 3.26. The lowest BCUT2D eigenvalue weighted by molar-refractivity contribution is -0.120. The Morgan fingerprint density at radius 1 is 1.12 bits per heavy atom. The van der Waals surface area contributed by atoms with Gasteiger partial charge in [-0.1, -0.05) is 24.2 Å². The van der Waals surface area contributed by atoms with E-state index in [1.165, 1.54) is 11.8 Å².